The summed E-state index contributed by atoms with van der Waals surface area (Å²) in [6.07, 6.45) is 3.08. The third-order valence-corrected chi connectivity index (χ3v) is 7.86. The molecule has 3 heterocycles. The van der Waals surface area contributed by atoms with Crippen LogP contribution in [0, 0.1) is 5.92 Å². The maximum atomic E-state index is 13.7. The van der Waals surface area contributed by atoms with E-state index in [0.29, 0.717) is 57.9 Å². The van der Waals surface area contributed by atoms with Crippen LogP contribution in [-0.4, -0.2) is 87.0 Å². The van der Waals surface area contributed by atoms with Gasteiger partial charge in [0.05, 0.1) is 12.5 Å². The van der Waals surface area contributed by atoms with Gasteiger partial charge in [-0.15, -0.1) is 0 Å². The van der Waals surface area contributed by atoms with E-state index in [9.17, 15) is 19.2 Å². The van der Waals surface area contributed by atoms with Crippen LogP contribution in [0.1, 0.15) is 79.4 Å². The zero-order valence-corrected chi connectivity index (χ0v) is 23.9. The highest BCUT2D eigenvalue weighted by Crippen LogP contribution is 2.21. The predicted octanol–water partition coefficient (Wildman–Crippen LogP) is 3.36. The van der Waals surface area contributed by atoms with Crippen LogP contribution in [0.4, 0.5) is 0 Å². The monoisotopic (exact) mass is 551 g/mol. The first-order chi connectivity index (χ1) is 19.3. The number of hydrogen-bond acceptors (Lipinski definition) is 6. The van der Waals surface area contributed by atoms with Crippen molar-refractivity contribution >= 4 is 23.7 Å². The second-order valence-electron chi connectivity index (χ2n) is 10.6. The molecule has 2 aliphatic rings. The zero-order valence-electron chi connectivity index (χ0n) is 23.9. The van der Waals surface area contributed by atoms with Crippen LogP contribution >= 0.6 is 0 Å². The van der Waals surface area contributed by atoms with Crippen LogP contribution in [0.15, 0.2) is 36.4 Å². The Morgan fingerprint density at radius 2 is 1.88 bits per heavy atom. The average molecular weight is 552 g/mol. The van der Waals surface area contributed by atoms with E-state index in [0.717, 1.165) is 18.4 Å². The van der Waals surface area contributed by atoms with Gasteiger partial charge < -0.3 is 19.4 Å². The molecule has 1 aromatic heterocycles. The van der Waals surface area contributed by atoms with Gasteiger partial charge in [-0.05, 0) is 45.1 Å². The molecular formula is C30H41N5O5. The topological polar surface area (TPSA) is 105 Å². The Labute approximate surface area is 236 Å². The molecule has 10 heteroatoms. The maximum Gasteiger partial charge on any atom is 0.310 e. The number of carbonyl (C=O) groups excluding carboxylic acids is 4. The van der Waals surface area contributed by atoms with Gasteiger partial charge in [-0.2, -0.15) is 5.10 Å². The molecule has 0 N–H and O–H groups in total. The van der Waals surface area contributed by atoms with E-state index in [1.54, 1.807) is 32.4 Å². The molecule has 10 nitrogen and oxygen atoms in total. The van der Waals surface area contributed by atoms with Gasteiger partial charge in [0.25, 0.3) is 11.8 Å². The number of nitrogens with zero attached hydrogens (tertiary/aromatic N) is 5. The van der Waals surface area contributed by atoms with E-state index < -0.39 is 0 Å². The Hall–Kier alpha value is -3.69. The minimum absolute atomic E-state index is 0.0811. The smallest absolute Gasteiger partial charge is 0.310 e. The van der Waals surface area contributed by atoms with Gasteiger partial charge in [-0.1, -0.05) is 37.3 Å². The fraction of sp³-hybridized carbons (Fsp3) is 0.567. The highest BCUT2D eigenvalue weighted by Gasteiger charge is 2.32. The van der Waals surface area contributed by atoms with Crippen molar-refractivity contribution in [1.29, 1.82) is 0 Å². The van der Waals surface area contributed by atoms with Crippen molar-refractivity contribution in [3.63, 3.8) is 0 Å². The Kier molecular flexibility index (Phi) is 9.95. The van der Waals surface area contributed by atoms with Gasteiger partial charge in [-0.25, -0.2) is 0 Å². The molecule has 40 heavy (non-hydrogen) atoms. The number of carbonyl (C=O) groups is 4. The summed E-state index contributed by atoms with van der Waals surface area (Å²) >= 11 is 0. The highest BCUT2D eigenvalue weighted by molar-refractivity contribution is 5.98. The summed E-state index contributed by atoms with van der Waals surface area (Å²) in [5, 5.41) is 4.54. The number of hydrogen-bond donors (Lipinski definition) is 0. The molecule has 4 rings (SSSR count). The van der Waals surface area contributed by atoms with Crippen LogP contribution in [0.3, 0.4) is 0 Å². The Morgan fingerprint density at radius 3 is 2.60 bits per heavy atom. The summed E-state index contributed by atoms with van der Waals surface area (Å²) < 4.78 is 6.80. The van der Waals surface area contributed by atoms with Gasteiger partial charge >= 0.3 is 5.97 Å². The Balaban J connectivity index is 1.43. The number of piperidine rings is 1. The van der Waals surface area contributed by atoms with Crippen LogP contribution in [0.25, 0.3) is 0 Å². The van der Waals surface area contributed by atoms with Crippen molar-refractivity contribution in [2.45, 2.75) is 72.0 Å². The summed E-state index contributed by atoms with van der Waals surface area (Å²) in [4.78, 5) is 57.6. The molecule has 2 aromatic rings. The molecular weight excluding hydrogens is 510 g/mol. The third-order valence-electron chi connectivity index (χ3n) is 7.86. The van der Waals surface area contributed by atoms with Crippen LogP contribution in [-0.2, 0) is 27.4 Å². The number of esters is 1. The van der Waals surface area contributed by atoms with Gasteiger partial charge in [-0.3, -0.25) is 23.9 Å². The van der Waals surface area contributed by atoms with Gasteiger partial charge in [0.2, 0.25) is 5.91 Å². The number of aryl methyl sites for hydroxylation is 1. The minimum Gasteiger partial charge on any atom is -0.466 e. The molecule has 1 aromatic carbocycles. The molecule has 2 aliphatic heterocycles. The summed E-state index contributed by atoms with van der Waals surface area (Å²) in [6, 6.07) is 11.3. The molecule has 216 valence electrons. The Morgan fingerprint density at radius 1 is 1.10 bits per heavy atom. The first-order valence-corrected chi connectivity index (χ1v) is 14.5. The molecule has 0 aliphatic carbocycles. The lowest BCUT2D eigenvalue weighted by molar-refractivity contribution is -0.151. The molecule has 1 saturated heterocycles. The third kappa shape index (κ3) is 6.89. The lowest BCUT2D eigenvalue weighted by atomic mass is 9.98. The molecule has 0 unspecified atom stereocenters. The van der Waals surface area contributed by atoms with Gasteiger partial charge in [0.15, 0.2) is 5.69 Å². The van der Waals surface area contributed by atoms with E-state index in [4.69, 9.17) is 4.74 Å². The van der Waals surface area contributed by atoms with Crippen molar-refractivity contribution in [3.8, 4) is 0 Å². The maximum absolute atomic E-state index is 13.7. The zero-order chi connectivity index (χ0) is 28.6. The Bertz CT molecular complexity index is 1200. The van der Waals surface area contributed by atoms with E-state index >= 15 is 0 Å². The number of benzene rings is 1. The van der Waals surface area contributed by atoms with Crippen molar-refractivity contribution in [3.05, 3.63) is 53.3 Å². The van der Waals surface area contributed by atoms with E-state index in [1.807, 2.05) is 44.2 Å². The van der Waals surface area contributed by atoms with E-state index in [2.05, 4.69) is 5.10 Å². The summed E-state index contributed by atoms with van der Waals surface area (Å²) in [6.45, 7) is 8.91. The second kappa shape index (κ2) is 13.6. The van der Waals surface area contributed by atoms with E-state index in [1.165, 1.54) is 0 Å². The van der Waals surface area contributed by atoms with Crippen molar-refractivity contribution in [1.82, 2.24) is 24.5 Å². The lowest BCUT2D eigenvalue weighted by Crippen LogP contribution is -2.45. The largest absolute Gasteiger partial charge is 0.466 e. The molecule has 0 bridgehead atoms. The molecule has 0 spiro atoms. The average Bonchev–Trinajstić information content (AvgIpc) is 3.35. The number of rotatable bonds is 10. The number of fused-ring (bicyclic) bond motifs is 1. The standard InChI is InChI=1S/C30H41N5O5/c1-4-22(3)34(18-14-27(36)32-15-9-13-24(21-32)30(39)40-5-2)28(37)25-19-26-29(38)33(16-10-17-35(26)31-25)20-23-11-7-6-8-12-23/h6-8,11-12,19,22,24H,4-5,9-10,13-18,20-21H2,1-3H3/t22-,24+/m0/s1. The molecule has 3 amide bonds. The first-order valence-electron chi connectivity index (χ1n) is 14.5. The van der Waals surface area contributed by atoms with Crippen LogP contribution in [0.2, 0.25) is 0 Å². The molecule has 0 saturated carbocycles. The SMILES string of the molecule is CCOC(=O)[C@@H]1CCCN(C(=O)CCN(C(=O)c2cc3n(n2)CCCN(Cc2ccccc2)C3=O)[C@@H](C)CC)C1. The summed E-state index contributed by atoms with van der Waals surface area (Å²) in [7, 11) is 0. The van der Waals surface area contributed by atoms with E-state index in [-0.39, 0.29) is 54.3 Å². The number of amides is 3. The van der Waals surface area contributed by atoms with Crippen molar-refractivity contribution in [2.24, 2.45) is 5.92 Å². The molecule has 0 radical (unpaired) electrons. The van der Waals surface area contributed by atoms with Crippen LogP contribution < -0.4 is 0 Å². The highest BCUT2D eigenvalue weighted by atomic mass is 16.5. The lowest BCUT2D eigenvalue weighted by Gasteiger charge is -2.33. The quantitative estimate of drug-likeness (QED) is 0.420. The van der Waals surface area contributed by atoms with Crippen LogP contribution in [0.5, 0.6) is 0 Å². The van der Waals surface area contributed by atoms with Gasteiger partial charge in [0, 0.05) is 57.8 Å². The first kappa shape index (κ1) is 29.3. The number of likely N-dealkylation sites (tertiary alicyclic amines) is 1. The number of aromatic nitrogens is 2. The second-order valence-corrected chi connectivity index (χ2v) is 10.6. The summed E-state index contributed by atoms with van der Waals surface area (Å²) in [5.74, 6) is -1.06. The summed E-state index contributed by atoms with van der Waals surface area (Å²) in [5.41, 5.74) is 1.68. The molecule has 1 fully saturated rings. The predicted molar refractivity (Wildman–Crippen MR) is 149 cm³/mol. The fourth-order valence-electron chi connectivity index (χ4n) is 5.41. The number of ether oxygens (including phenoxy) is 1. The van der Waals surface area contributed by atoms with Gasteiger partial charge in [0.1, 0.15) is 5.69 Å². The van der Waals surface area contributed by atoms with Crippen molar-refractivity contribution < 1.29 is 23.9 Å². The fourth-order valence-corrected chi connectivity index (χ4v) is 5.41. The minimum atomic E-state index is -0.301. The van der Waals surface area contributed by atoms with Crippen molar-refractivity contribution in [2.75, 3.05) is 32.8 Å². The molecule has 2 atom stereocenters. The normalized spacial score (nSPS) is 18.1.